The highest BCUT2D eigenvalue weighted by Gasteiger charge is 2.38. The smallest absolute Gasteiger partial charge is 0.269 e. The molecule has 164 valence electrons. The standard InChI is InChI=1S/C23H19F2N3O4/c1-12-19(23(30)27-22-15(24)4-2-5-16(22)25)20(13-8-10-14(11-9-13)28(31)32)21-17(26-12)6-3-7-18(21)29/h2,4-5,8-11,20,26H,3,6-7H2,1H3,(H,27,30). The van der Waals surface area contributed by atoms with Crippen molar-refractivity contribution in [1.29, 1.82) is 0 Å². The first-order valence-electron chi connectivity index (χ1n) is 10.0. The lowest BCUT2D eigenvalue weighted by molar-refractivity contribution is -0.384. The Bertz CT molecular complexity index is 1180. The number of amides is 1. The van der Waals surface area contributed by atoms with Gasteiger partial charge in [-0.3, -0.25) is 19.7 Å². The maximum absolute atomic E-state index is 14.1. The molecule has 0 aromatic heterocycles. The number of allylic oxidation sites excluding steroid dienone is 3. The number of non-ortho nitro benzene ring substituents is 1. The average molecular weight is 439 g/mol. The predicted molar refractivity (Wildman–Crippen MR) is 113 cm³/mol. The van der Waals surface area contributed by atoms with E-state index in [1.165, 1.54) is 30.3 Å². The number of hydrogen-bond acceptors (Lipinski definition) is 5. The van der Waals surface area contributed by atoms with E-state index in [0.717, 1.165) is 12.1 Å². The molecule has 4 rings (SSSR count). The SMILES string of the molecule is CC1=C(C(=O)Nc2c(F)cccc2F)C(c2ccc([N+](=O)[O-])cc2)C2=C(CCCC2=O)N1. The minimum absolute atomic E-state index is 0.121. The molecule has 2 N–H and O–H groups in total. The third kappa shape index (κ3) is 3.77. The van der Waals surface area contributed by atoms with Gasteiger partial charge in [0, 0.05) is 47.0 Å². The third-order valence-electron chi connectivity index (χ3n) is 5.66. The van der Waals surface area contributed by atoms with Crippen LogP contribution >= 0.6 is 0 Å². The van der Waals surface area contributed by atoms with Gasteiger partial charge in [0.05, 0.1) is 4.92 Å². The van der Waals surface area contributed by atoms with Crippen LogP contribution in [0.15, 0.2) is 65.0 Å². The number of anilines is 1. The second-order valence-corrected chi connectivity index (χ2v) is 7.67. The molecule has 32 heavy (non-hydrogen) atoms. The maximum Gasteiger partial charge on any atom is 0.269 e. The summed E-state index contributed by atoms with van der Waals surface area (Å²) in [4.78, 5) is 36.6. The molecular weight excluding hydrogens is 420 g/mol. The summed E-state index contributed by atoms with van der Waals surface area (Å²) in [5, 5.41) is 16.4. The topological polar surface area (TPSA) is 101 Å². The van der Waals surface area contributed by atoms with Crippen LogP contribution in [0.3, 0.4) is 0 Å². The highest BCUT2D eigenvalue weighted by atomic mass is 19.1. The van der Waals surface area contributed by atoms with Crippen molar-refractivity contribution >= 4 is 23.1 Å². The van der Waals surface area contributed by atoms with E-state index >= 15 is 0 Å². The molecule has 2 aromatic carbocycles. The number of nitrogens with one attached hydrogen (secondary N) is 2. The predicted octanol–water partition coefficient (Wildman–Crippen LogP) is 4.48. The number of carbonyl (C=O) groups excluding carboxylic acids is 2. The zero-order chi connectivity index (χ0) is 23.0. The van der Waals surface area contributed by atoms with Gasteiger partial charge in [-0.25, -0.2) is 8.78 Å². The fourth-order valence-electron chi connectivity index (χ4n) is 4.20. The van der Waals surface area contributed by atoms with Crippen molar-refractivity contribution in [1.82, 2.24) is 5.32 Å². The van der Waals surface area contributed by atoms with Gasteiger partial charge < -0.3 is 10.6 Å². The Kier molecular flexibility index (Phi) is 5.56. The summed E-state index contributed by atoms with van der Waals surface area (Å²) < 4.78 is 28.3. The summed E-state index contributed by atoms with van der Waals surface area (Å²) in [7, 11) is 0. The molecule has 0 saturated carbocycles. The monoisotopic (exact) mass is 439 g/mol. The van der Waals surface area contributed by atoms with Crippen LogP contribution in [0.2, 0.25) is 0 Å². The number of nitro groups is 1. The highest BCUT2D eigenvalue weighted by molar-refractivity contribution is 6.09. The Hall–Kier alpha value is -3.88. The van der Waals surface area contributed by atoms with Gasteiger partial charge in [0.2, 0.25) is 0 Å². The molecular formula is C23H19F2N3O4. The Labute approximate surface area is 182 Å². The first-order chi connectivity index (χ1) is 15.3. The molecule has 1 aliphatic carbocycles. The fourth-order valence-corrected chi connectivity index (χ4v) is 4.20. The molecule has 1 atom stereocenters. The molecule has 1 unspecified atom stereocenters. The molecule has 1 heterocycles. The zero-order valence-corrected chi connectivity index (χ0v) is 17.1. The van der Waals surface area contributed by atoms with Crippen molar-refractivity contribution < 1.29 is 23.3 Å². The van der Waals surface area contributed by atoms with E-state index in [-0.39, 0.29) is 17.0 Å². The van der Waals surface area contributed by atoms with Crippen molar-refractivity contribution in [3.63, 3.8) is 0 Å². The number of nitrogens with zero attached hydrogens (tertiary/aromatic N) is 1. The number of ketones is 1. The minimum atomic E-state index is -0.930. The summed E-state index contributed by atoms with van der Waals surface area (Å²) in [6, 6.07) is 8.81. The van der Waals surface area contributed by atoms with E-state index < -0.39 is 34.1 Å². The molecule has 9 heteroatoms. The normalized spacial score (nSPS) is 18.2. The summed E-state index contributed by atoms with van der Waals surface area (Å²) in [5.41, 5.74) is 1.43. The number of hydrogen-bond donors (Lipinski definition) is 2. The maximum atomic E-state index is 14.1. The molecule has 1 aliphatic heterocycles. The third-order valence-corrected chi connectivity index (χ3v) is 5.66. The van der Waals surface area contributed by atoms with E-state index in [9.17, 15) is 28.5 Å². The molecule has 0 saturated heterocycles. The van der Waals surface area contributed by atoms with E-state index in [1.807, 2.05) is 0 Å². The van der Waals surface area contributed by atoms with Crippen LogP contribution in [0.5, 0.6) is 0 Å². The second-order valence-electron chi connectivity index (χ2n) is 7.67. The van der Waals surface area contributed by atoms with E-state index in [1.54, 1.807) is 6.92 Å². The largest absolute Gasteiger partial charge is 0.362 e. The van der Waals surface area contributed by atoms with Gasteiger partial charge in [0.25, 0.3) is 11.6 Å². The lowest BCUT2D eigenvalue weighted by Crippen LogP contribution is -2.35. The first-order valence-corrected chi connectivity index (χ1v) is 10.0. The molecule has 0 spiro atoms. The van der Waals surface area contributed by atoms with E-state index in [4.69, 9.17) is 0 Å². The molecule has 0 radical (unpaired) electrons. The van der Waals surface area contributed by atoms with E-state index in [2.05, 4.69) is 10.6 Å². The van der Waals surface area contributed by atoms with Crippen LogP contribution in [-0.4, -0.2) is 16.6 Å². The van der Waals surface area contributed by atoms with Crippen molar-refractivity contribution in [2.45, 2.75) is 32.1 Å². The summed E-state index contributed by atoms with van der Waals surface area (Å²) in [6.45, 7) is 1.65. The van der Waals surface area contributed by atoms with Crippen molar-refractivity contribution in [3.05, 3.63) is 92.3 Å². The van der Waals surface area contributed by atoms with Gasteiger partial charge in [0.1, 0.15) is 17.3 Å². The molecule has 0 bridgehead atoms. The van der Waals surface area contributed by atoms with Crippen LogP contribution in [0.1, 0.15) is 37.7 Å². The highest BCUT2D eigenvalue weighted by Crippen LogP contribution is 2.42. The van der Waals surface area contributed by atoms with Crippen molar-refractivity contribution in [3.8, 4) is 0 Å². The number of halogens is 2. The van der Waals surface area contributed by atoms with Gasteiger partial charge in [-0.15, -0.1) is 0 Å². The fraction of sp³-hybridized carbons (Fsp3) is 0.217. The average Bonchev–Trinajstić information content (AvgIpc) is 2.75. The van der Waals surface area contributed by atoms with Crippen LogP contribution in [-0.2, 0) is 9.59 Å². The quantitative estimate of drug-likeness (QED) is 0.540. The van der Waals surface area contributed by atoms with Crippen LogP contribution in [0.25, 0.3) is 0 Å². The Morgan fingerprint density at radius 1 is 1.12 bits per heavy atom. The van der Waals surface area contributed by atoms with Crippen LogP contribution in [0, 0.1) is 21.7 Å². The molecule has 1 amide bonds. The number of benzene rings is 2. The summed E-state index contributed by atoms with van der Waals surface area (Å²) in [6.07, 6.45) is 1.57. The molecule has 2 aliphatic rings. The number of dihydropyridines is 1. The van der Waals surface area contributed by atoms with Gasteiger partial charge in [-0.1, -0.05) is 18.2 Å². The number of Topliss-reactive ketones (excluding diaryl/α,β-unsaturated/α-hetero) is 1. The number of nitro benzene ring substituents is 1. The molecule has 7 nitrogen and oxygen atoms in total. The minimum Gasteiger partial charge on any atom is -0.362 e. The Balaban J connectivity index is 1.81. The molecule has 2 aromatic rings. The number of para-hydroxylation sites is 1. The van der Waals surface area contributed by atoms with Crippen LogP contribution in [0.4, 0.5) is 20.2 Å². The van der Waals surface area contributed by atoms with Gasteiger partial charge in [-0.2, -0.15) is 0 Å². The lowest BCUT2D eigenvalue weighted by atomic mass is 9.75. The second kappa shape index (κ2) is 8.33. The van der Waals surface area contributed by atoms with Gasteiger partial charge >= 0.3 is 0 Å². The van der Waals surface area contributed by atoms with Crippen LogP contribution < -0.4 is 10.6 Å². The number of carbonyl (C=O) groups is 2. The zero-order valence-electron chi connectivity index (χ0n) is 17.1. The van der Waals surface area contributed by atoms with E-state index in [0.29, 0.717) is 41.8 Å². The Morgan fingerprint density at radius 3 is 2.41 bits per heavy atom. The Morgan fingerprint density at radius 2 is 1.78 bits per heavy atom. The summed E-state index contributed by atoms with van der Waals surface area (Å²) in [5.74, 6) is -3.60. The van der Waals surface area contributed by atoms with Crippen molar-refractivity contribution in [2.24, 2.45) is 0 Å². The lowest BCUT2D eigenvalue weighted by Gasteiger charge is -2.34. The summed E-state index contributed by atoms with van der Waals surface area (Å²) >= 11 is 0. The van der Waals surface area contributed by atoms with Gasteiger partial charge in [0.15, 0.2) is 5.78 Å². The van der Waals surface area contributed by atoms with Gasteiger partial charge in [-0.05, 0) is 37.5 Å². The first kappa shape index (κ1) is 21.4. The number of rotatable bonds is 4. The van der Waals surface area contributed by atoms with Crippen molar-refractivity contribution in [2.75, 3.05) is 5.32 Å². The molecule has 0 fully saturated rings.